The Morgan fingerprint density at radius 3 is 2.71 bits per heavy atom. The minimum absolute atomic E-state index is 0.249. The fourth-order valence-electron chi connectivity index (χ4n) is 4.34. The van der Waals surface area contributed by atoms with Crippen LogP contribution in [0.2, 0.25) is 0 Å². The summed E-state index contributed by atoms with van der Waals surface area (Å²) in [6.45, 7) is 6.61. The lowest BCUT2D eigenvalue weighted by Crippen LogP contribution is -2.46. The third kappa shape index (κ3) is 4.64. The molecule has 1 fully saturated rings. The molecule has 9 nitrogen and oxygen atoms in total. The van der Waals surface area contributed by atoms with E-state index in [1.165, 1.54) is 9.87 Å². The van der Waals surface area contributed by atoms with Crippen LogP contribution < -0.4 is 10.6 Å². The maximum absolute atomic E-state index is 13.1. The monoisotopic (exact) mass is 491 g/mol. The van der Waals surface area contributed by atoms with Crippen molar-refractivity contribution in [2.75, 3.05) is 31.5 Å². The summed E-state index contributed by atoms with van der Waals surface area (Å²) in [6, 6.07) is 10.7. The molecule has 182 valence electrons. The zero-order valence-electron chi connectivity index (χ0n) is 19.8. The Bertz CT molecular complexity index is 1450. The molecular weight excluding hydrogens is 462 g/mol. The van der Waals surface area contributed by atoms with Gasteiger partial charge in [-0.25, -0.2) is 18.4 Å². The van der Waals surface area contributed by atoms with Crippen molar-refractivity contribution in [2.45, 2.75) is 31.1 Å². The highest BCUT2D eigenvalue weighted by Gasteiger charge is 2.26. The summed E-state index contributed by atoms with van der Waals surface area (Å²) in [5.41, 5.74) is 5.36. The molecule has 35 heavy (non-hydrogen) atoms. The molecule has 0 aliphatic carbocycles. The average molecular weight is 492 g/mol. The Balaban J connectivity index is 1.43. The molecule has 1 unspecified atom stereocenters. The number of anilines is 2. The number of benzene rings is 1. The van der Waals surface area contributed by atoms with Gasteiger partial charge in [-0.15, -0.1) is 0 Å². The van der Waals surface area contributed by atoms with Crippen LogP contribution in [0.25, 0.3) is 22.3 Å². The molecule has 0 radical (unpaired) electrons. The van der Waals surface area contributed by atoms with Crippen LogP contribution in [0.5, 0.6) is 0 Å². The number of nitrogens with zero attached hydrogens (tertiary/aromatic N) is 4. The number of sulfonamides is 1. The van der Waals surface area contributed by atoms with Gasteiger partial charge in [-0.3, -0.25) is 4.98 Å². The van der Waals surface area contributed by atoms with Crippen molar-refractivity contribution in [2.24, 2.45) is 0 Å². The summed E-state index contributed by atoms with van der Waals surface area (Å²) in [4.78, 5) is 17.3. The Morgan fingerprint density at radius 2 is 1.91 bits per heavy atom. The lowest BCUT2D eigenvalue weighted by atomic mass is 9.98. The third-order valence-electron chi connectivity index (χ3n) is 6.48. The number of rotatable bonds is 7. The van der Waals surface area contributed by atoms with E-state index in [1.807, 2.05) is 18.5 Å². The number of hydrogen-bond donors (Lipinski definition) is 3. The smallest absolute Gasteiger partial charge is 0.243 e. The van der Waals surface area contributed by atoms with E-state index in [1.54, 1.807) is 30.5 Å². The predicted octanol–water partition coefficient (Wildman–Crippen LogP) is 3.87. The van der Waals surface area contributed by atoms with Crippen LogP contribution in [-0.4, -0.2) is 58.8 Å². The molecule has 4 heterocycles. The fourth-order valence-corrected chi connectivity index (χ4v) is 5.83. The molecule has 3 N–H and O–H groups in total. The molecule has 5 rings (SSSR count). The maximum Gasteiger partial charge on any atom is 0.243 e. The van der Waals surface area contributed by atoms with Gasteiger partial charge in [0.25, 0.3) is 0 Å². The molecule has 3 aromatic heterocycles. The summed E-state index contributed by atoms with van der Waals surface area (Å²) in [5.74, 6) is 0.797. The molecule has 4 aromatic rings. The molecule has 0 bridgehead atoms. The number of fused-ring (bicyclic) bond motifs is 1. The quantitative estimate of drug-likeness (QED) is 0.359. The molecule has 10 heteroatoms. The Labute approximate surface area is 205 Å². The van der Waals surface area contributed by atoms with Gasteiger partial charge in [0.05, 0.1) is 21.6 Å². The number of hydrogen-bond acceptors (Lipinski definition) is 7. The van der Waals surface area contributed by atoms with Gasteiger partial charge in [0.15, 0.2) is 0 Å². The summed E-state index contributed by atoms with van der Waals surface area (Å²) in [6.07, 6.45) is 6.49. The topological polar surface area (TPSA) is 116 Å². The first-order valence-electron chi connectivity index (χ1n) is 11.8. The molecule has 1 aromatic carbocycles. The van der Waals surface area contributed by atoms with E-state index in [-0.39, 0.29) is 4.90 Å². The van der Waals surface area contributed by atoms with E-state index in [9.17, 15) is 8.42 Å². The zero-order valence-corrected chi connectivity index (χ0v) is 20.6. The second-order valence-corrected chi connectivity index (χ2v) is 10.6. The first kappa shape index (κ1) is 23.4. The predicted molar refractivity (Wildman–Crippen MR) is 137 cm³/mol. The van der Waals surface area contributed by atoms with Crippen molar-refractivity contribution >= 4 is 32.7 Å². The van der Waals surface area contributed by atoms with Gasteiger partial charge < -0.3 is 15.6 Å². The maximum atomic E-state index is 13.1. The van der Waals surface area contributed by atoms with Crippen molar-refractivity contribution in [3.63, 3.8) is 0 Å². The number of piperazine rings is 1. The molecule has 1 aliphatic rings. The lowest BCUT2D eigenvalue weighted by molar-refractivity contribution is 0.360. The number of nitrogens with one attached hydrogen (secondary N) is 3. The van der Waals surface area contributed by atoms with Gasteiger partial charge >= 0.3 is 0 Å². The van der Waals surface area contributed by atoms with Crippen LogP contribution in [0.4, 0.5) is 11.6 Å². The highest BCUT2D eigenvalue weighted by molar-refractivity contribution is 7.89. The van der Waals surface area contributed by atoms with E-state index >= 15 is 0 Å². The Hall–Kier alpha value is -3.34. The molecule has 1 atom stereocenters. The molecular formula is C25H29N7O2S. The van der Waals surface area contributed by atoms with Gasteiger partial charge in [-0.1, -0.05) is 19.9 Å². The first-order chi connectivity index (χ1) is 17.0. The zero-order chi connectivity index (χ0) is 24.4. The van der Waals surface area contributed by atoms with E-state index in [0.29, 0.717) is 43.7 Å². The van der Waals surface area contributed by atoms with Crippen LogP contribution >= 0.6 is 0 Å². The number of aromatic amines is 1. The van der Waals surface area contributed by atoms with Gasteiger partial charge in [-0.05, 0) is 48.2 Å². The number of H-pyrrole nitrogens is 1. The average Bonchev–Trinajstić information content (AvgIpc) is 3.33. The molecule has 0 saturated carbocycles. The van der Waals surface area contributed by atoms with Crippen LogP contribution in [0.1, 0.15) is 31.7 Å². The van der Waals surface area contributed by atoms with E-state index < -0.39 is 10.0 Å². The summed E-state index contributed by atoms with van der Waals surface area (Å²) < 4.78 is 27.6. The van der Waals surface area contributed by atoms with E-state index in [0.717, 1.165) is 28.7 Å². The van der Waals surface area contributed by atoms with Crippen LogP contribution in [0, 0.1) is 0 Å². The van der Waals surface area contributed by atoms with Crippen molar-refractivity contribution in [1.82, 2.24) is 29.6 Å². The minimum Gasteiger partial charge on any atom is -0.359 e. The van der Waals surface area contributed by atoms with Crippen molar-refractivity contribution in [3.8, 4) is 11.3 Å². The third-order valence-corrected chi connectivity index (χ3v) is 8.37. The standard InChI is InChI=1S/C25H29N7O2S/c1-3-17(2)20-7-9-27-24-21(16-29-23(20)24)22-8-10-28-25(31-22)30-18-5-4-6-19(15-18)35(33,34)32-13-11-26-12-14-32/h4-10,15-17,26,29H,3,11-14H2,1-2H3,(H,28,30,31). The summed E-state index contributed by atoms with van der Waals surface area (Å²) >= 11 is 0. The summed E-state index contributed by atoms with van der Waals surface area (Å²) in [5, 5.41) is 6.34. The molecule has 1 saturated heterocycles. The van der Waals surface area contributed by atoms with Gasteiger partial charge in [0.1, 0.15) is 0 Å². The minimum atomic E-state index is -3.56. The molecule has 0 spiro atoms. The van der Waals surface area contributed by atoms with Crippen LogP contribution in [0.3, 0.4) is 0 Å². The first-order valence-corrected chi connectivity index (χ1v) is 13.3. The molecule has 1 aliphatic heterocycles. The normalized spacial score (nSPS) is 15.8. The van der Waals surface area contributed by atoms with E-state index in [4.69, 9.17) is 0 Å². The largest absolute Gasteiger partial charge is 0.359 e. The summed E-state index contributed by atoms with van der Waals surface area (Å²) in [7, 11) is -3.56. The van der Waals surface area contributed by atoms with E-state index in [2.05, 4.69) is 50.5 Å². The molecule has 0 amide bonds. The van der Waals surface area contributed by atoms with Crippen molar-refractivity contribution < 1.29 is 8.42 Å². The van der Waals surface area contributed by atoms with Gasteiger partial charge in [0.2, 0.25) is 16.0 Å². The SMILES string of the molecule is CCC(C)c1ccnc2c(-c3ccnc(Nc4cccc(S(=O)(=O)N5CCNCC5)c4)n3)c[nH]c12. The Kier molecular flexibility index (Phi) is 6.50. The number of pyridine rings is 1. The lowest BCUT2D eigenvalue weighted by Gasteiger charge is -2.26. The van der Waals surface area contributed by atoms with Gasteiger partial charge in [0, 0.05) is 56.0 Å². The Morgan fingerprint density at radius 1 is 1.11 bits per heavy atom. The second-order valence-electron chi connectivity index (χ2n) is 8.71. The fraction of sp³-hybridized carbons (Fsp3) is 0.320. The van der Waals surface area contributed by atoms with Crippen molar-refractivity contribution in [3.05, 3.63) is 60.6 Å². The van der Waals surface area contributed by atoms with Crippen LogP contribution in [0.15, 0.2) is 59.9 Å². The van der Waals surface area contributed by atoms with Gasteiger partial charge in [-0.2, -0.15) is 4.31 Å². The second kappa shape index (κ2) is 9.73. The van der Waals surface area contributed by atoms with Crippen molar-refractivity contribution in [1.29, 1.82) is 0 Å². The van der Waals surface area contributed by atoms with Crippen LogP contribution in [-0.2, 0) is 10.0 Å². The highest BCUT2D eigenvalue weighted by atomic mass is 32.2. The number of aromatic nitrogens is 4. The highest BCUT2D eigenvalue weighted by Crippen LogP contribution is 2.32.